The lowest BCUT2D eigenvalue weighted by Gasteiger charge is -2.33. The van der Waals surface area contributed by atoms with E-state index in [9.17, 15) is 9.59 Å². The van der Waals surface area contributed by atoms with Gasteiger partial charge in [0.1, 0.15) is 5.82 Å². The molecule has 0 bridgehead atoms. The summed E-state index contributed by atoms with van der Waals surface area (Å²) in [5.74, 6) is 0.858. The summed E-state index contributed by atoms with van der Waals surface area (Å²) < 4.78 is 0. The zero-order valence-corrected chi connectivity index (χ0v) is 16.0. The minimum atomic E-state index is -0.225. The molecule has 7 heteroatoms. The fourth-order valence-corrected chi connectivity index (χ4v) is 3.21. The van der Waals surface area contributed by atoms with Gasteiger partial charge in [0.15, 0.2) is 0 Å². The highest BCUT2D eigenvalue weighted by molar-refractivity contribution is 6.05. The number of carbonyl (C=O) groups is 2. The first kappa shape index (κ1) is 18.4. The van der Waals surface area contributed by atoms with Crippen LogP contribution in [-0.4, -0.2) is 54.9 Å². The van der Waals surface area contributed by atoms with Gasteiger partial charge in [0.25, 0.3) is 5.91 Å². The van der Waals surface area contributed by atoms with Gasteiger partial charge in [-0.05, 0) is 50.2 Å². The number of pyridine rings is 1. The number of aromatic nitrogens is 1. The van der Waals surface area contributed by atoms with Crippen LogP contribution in [0.4, 0.5) is 17.2 Å². The molecule has 2 amide bonds. The summed E-state index contributed by atoms with van der Waals surface area (Å²) in [6.45, 7) is 3.95. The molecule has 2 N–H and O–H groups in total. The Bertz CT molecular complexity index is 855. The van der Waals surface area contributed by atoms with Gasteiger partial charge in [-0.1, -0.05) is 6.07 Å². The van der Waals surface area contributed by atoms with Crippen molar-refractivity contribution in [3.63, 3.8) is 0 Å². The molecule has 1 aromatic carbocycles. The molecule has 1 aliphatic carbocycles. The van der Waals surface area contributed by atoms with E-state index in [-0.39, 0.29) is 17.7 Å². The lowest BCUT2D eigenvalue weighted by atomic mass is 10.2. The van der Waals surface area contributed by atoms with Gasteiger partial charge in [0, 0.05) is 43.3 Å². The van der Waals surface area contributed by atoms with Crippen LogP contribution < -0.4 is 15.5 Å². The molecule has 0 atom stereocenters. The molecule has 2 aliphatic rings. The summed E-state index contributed by atoms with van der Waals surface area (Å²) in [6, 6.07) is 10.8. The second-order valence-electron chi connectivity index (χ2n) is 7.49. The molecule has 1 aliphatic heterocycles. The molecule has 1 saturated carbocycles. The lowest BCUT2D eigenvalue weighted by molar-refractivity contribution is -0.117. The Morgan fingerprint density at radius 2 is 1.79 bits per heavy atom. The Balaban J connectivity index is 1.37. The van der Waals surface area contributed by atoms with Crippen LogP contribution in [0.15, 0.2) is 42.6 Å². The smallest absolute Gasteiger partial charge is 0.255 e. The van der Waals surface area contributed by atoms with Gasteiger partial charge in [-0.25, -0.2) is 4.98 Å². The second kappa shape index (κ2) is 7.98. The molecule has 4 rings (SSSR count). The van der Waals surface area contributed by atoms with Crippen molar-refractivity contribution in [2.24, 2.45) is 5.92 Å². The van der Waals surface area contributed by atoms with Crippen LogP contribution in [0.3, 0.4) is 0 Å². The highest BCUT2D eigenvalue weighted by atomic mass is 16.2. The maximum Gasteiger partial charge on any atom is 0.255 e. The molecule has 1 saturated heterocycles. The van der Waals surface area contributed by atoms with Gasteiger partial charge in [0.2, 0.25) is 5.91 Å². The Hall–Kier alpha value is -2.93. The zero-order chi connectivity index (χ0) is 19.5. The zero-order valence-electron chi connectivity index (χ0n) is 16.0. The fourth-order valence-electron chi connectivity index (χ4n) is 3.21. The Morgan fingerprint density at radius 1 is 1.00 bits per heavy atom. The molecule has 2 heterocycles. The number of anilines is 3. The van der Waals surface area contributed by atoms with Gasteiger partial charge in [0.05, 0.1) is 11.9 Å². The van der Waals surface area contributed by atoms with E-state index >= 15 is 0 Å². The topological polar surface area (TPSA) is 77.6 Å². The first-order valence-electron chi connectivity index (χ1n) is 9.70. The number of carbonyl (C=O) groups excluding carboxylic acids is 2. The average Bonchev–Trinajstić information content (AvgIpc) is 3.55. The van der Waals surface area contributed by atoms with Crippen molar-refractivity contribution in [3.05, 3.63) is 48.2 Å². The van der Waals surface area contributed by atoms with E-state index in [2.05, 4.69) is 32.5 Å². The SMILES string of the molecule is CN1CCN(c2ccc(NC(=O)c3cccc(NC(=O)C4CC4)c3)cn2)CC1. The highest BCUT2D eigenvalue weighted by Gasteiger charge is 2.29. The summed E-state index contributed by atoms with van der Waals surface area (Å²) in [5.41, 5.74) is 1.79. The third kappa shape index (κ3) is 4.48. The standard InChI is InChI=1S/C21H25N5O2/c1-25-9-11-26(12-10-25)19-8-7-18(14-22-19)24-21(28)16-3-2-4-17(13-16)23-20(27)15-5-6-15/h2-4,7-8,13-15H,5-6,9-12H2,1H3,(H,23,27)(H,24,28). The normalized spacial score (nSPS) is 17.2. The molecule has 28 heavy (non-hydrogen) atoms. The van der Waals surface area contributed by atoms with Crippen molar-refractivity contribution in [2.45, 2.75) is 12.8 Å². The highest BCUT2D eigenvalue weighted by Crippen LogP contribution is 2.30. The van der Waals surface area contributed by atoms with Crippen LogP contribution in [-0.2, 0) is 4.79 Å². The van der Waals surface area contributed by atoms with E-state index in [1.807, 2.05) is 12.1 Å². The minimum absolute atomic E-state index is 0.0289. The third-order valence-electron chi connectivity index (χ3n) is 5.17. The van der Waals surface area contributed by atoms with Crippen molar-refractivity contribution in [1.29, 1.82) is 0 Å². The predicted molar refractivity (Wildman–Crippen MR) is 110 cm³/mol. The quantitative estimate of drug-likeness (QED) is 0.834. The van der Waals surface area contributed by atoms with Gasteiger partial charge in [-0.2, -0.15) is 0 Å². The number of piperazine rings is 1. The molecule has 7 nitrogen and oxygen atoms in total. The van der Waals surface area contributed by atoms with Crippen molar-refractivity contribution in [1.82, 2.24) is 9.88 Å². The number of hydrogen-bond acceptors (Lipinski definition) is 5. The van der Waals surface area contributed by atoms with Crippen LogP contribution in [0.1, 0.15) is 23.2 Å². The van der Waals surface area contributed by atoms with Crippen LogP contribution in [0, 0.1) is 5.92 Å². The van der Waals surface area contributed by atoms with E-state index in [4.69, 9.17) is 0 Å². The number of benzene rings is 1. The molecule has 2 aromatic rings. The molecule has 0 spiro atoms. The van der Waals surface area contributed by atoms with E-state index in [1.165, 1.54) is 0 Å². The van der Waals surface area contributed by atoms with Gasteiger partial charge in [-0.3, -0.25) is 9.59 Å². The van der Waals surface area contributed by atoms with Crippen LogP contribution in [0.25, 0.3) is 0 Å². The Morgan fingerprint density at radius 3 is 2.46 bits per heavy atom. The summed E-state index contributed by atoms with van der Waals surface area (Å²) >= 11 is 0. The molecule has 0 radical (unpaired) electrons. The van der Waals surface area contributed by atoms with E-state index < -0.39 is 0 Å². The fraction of sp³-hybridized carbons (Fsp3) is 0.381. The van der Waals surface area contributed by atoms with Gasteiger partial charge < -0.3 is 20.4 Å². The largest absolute Gasteiger partial charge is 0.354 e. The number of hydrogen-bond donors (Lipinski definition) is 2. The summed E-state index contributed by atoms with van der Waals surface area (Å²) in [4.78, 5) is 33.5. The van der Waals surface area contributed by atoms with Crippen LogP contribution in [0.5, 0.6) is 0 Å². The molecule has 0 unspecified atom stereocenters. The van der Waals surface area contributed by atoms with Crippen molar-refractivity contribution >= 4 is 29.0 Å². The number of nitrogens with one attached hydrogen (secondary N) is 2. The maximum absolute atomic E-state index is 12.6. The number of rotatable bonds is 5. The molecule has 146 valence electrons. The average molecular weight is 379 g/mol. The second-order valence-corrected chi connectivity index (χ2v) is 7.49. The number of likely N-dealkylation sites (N-methyl/N-ethyl adjacent to an activating group) is 1. The molecular formula is C21H25N5O2. The Labute approximate surface area is 164 Å². The summed E-state index contributed by atoms with van der Waals surface area (Å²) in [6.07, 6.45) is 3.58. The number of amides is 2. The van der Waals surface area contributed by atoms with Gasteiger partial charge >= 0.3 is 0 Å². The first-order chi connectivity index (χ1) is 13.6. The minimum Gasteiger partial charge on any atom is -0.354 e. The van der Waals surface area contributed by atoms with Crippen molar-refractivity contribution in [2.75, 3.05) is 48.8 Å². The van der Waals surface area contributed by atoms with Crippen LogP contribution >= 0.6 is 0 Å². The van der Waals surface area contributed by atoms with Crippen LogP contribution in [0.2, 0.25) is 0 Å². The van der Waals surface area contributed by atoms with Gasteiger partial charge in [-0.15, -0.1) is 0 Å². The van der Waals surface area contributed by atoms with E-state index in [1.54, 1.807) is 30.5 Å². The predicted octanol–water partition coefficient (Wildman–Crippen LogP) is 2.43. The number of nitrogens with zero attached hydrogens (tertiary/aromatic N) is 3. The Kier molecular flexibility index (Phi) is 5.25. The summed E-state index contributed by atoms with van der Waals surface area (Å²) in [5, 5.41) is 5.74. The monoisotopic (exact) mass is 379 g/mol. The van der Waals surface area contributed by atoms with E-state index in [0.717, 1.165) is 44.8 Å². The van der Waals surface area contributed by atoms with Crippen molar-refractivity contribution < 1.29 is 9.59 Å². The molecule has 2 fully saturated rings. The van der Waals surface area contributed by atoms with Crippen molar-refractivity contribution in [3.8, 4) is 0 Å². The molecule has 1 aromatic heterocycles. The summed E-state index contributed by atoms with van der Waals surface area (Å²) in [7, 11) is 2.12. The molecular weight excluding hydrogens is 354 g/mol. The third-order valence-corrected chi connectivity index (χ3v) is 5.17. The maximum atomic E-state index is 12.6. The first-order valence-corrected chi connectivity index (χ1v) is 9.70. The lowest BCUT2D eigenvalue weighted by Crippen LogP contribution is -2.44. The van der Waals surface area contributed by atoms with E-state index in [0.29, 0.717) is 16.9 Å².